The molecule has 1 fully saturated rings. The molecule has 2 rings (SSSR count). The van der Waals surface area contributed by atoms with Crippen molar-refractivity contribution in [3.8, 4) is 5.75 Å². The molecule has 1 N–H and O–H groups in total. The van der Waals surface area contributed by atoms with E-state index in [0.717, 1.165) is 30.0 Å². The Labute approximate surface area is 130 Å². The smallest absolute Gasteiger partial charge is 0.122 e. The Morgan fingerprint density at radius 2 is 2.05 bits per heavy atom. The maximum Gasteiger partial charge on any atom is 0.122 e. The topological polar surface area (TPSA) is 21.3 Å². The predicted octanol–water partition coefficient (Wildman–Crippen LogP) is 4.38. The number of hydrogen-bond donors (Lipinski definition) is 1. The SMILES string of the molecule is CNCC1CCC(C(C)C)CC1c1cc(C)ccc1OC. The summed E-state index contributed by atoms with van der Waals surface area (Å²) in [6, 6.07) is 6.63. The summed E-state index contributed by atoms with van der Waals surface area (Å²) in [5, 5.41) is 3.39. The van der Waals surface area contributed by atoms with Crippen LogP contribution in [0.2, 0.25) is 0 Å². The highest BCUT2D eigenvalue weighted by molar-refractivity contribution is 5.40. The van der Waals surface area contributed by atoms with Crippen LogP contribution in [0, 0.1) is 24.7 Å². The van der Waals surface area contributed by atoms with Gasteiger partial charge in [-0.25, -0.2) is 0 Å². The number of hydrogen-bond acceptors (Lipinski definition) is 2. The fourth-order valence-electron chi connectivity index (χ4n) is 3.90. The van der Waals surface area contributed by atoms with E-state index in [1.807, 2.05) is 0 Å². The van der Waals surface area contributed by atoms with Crippen LogP contribution in [0.4, 0.5) is 0 Å². The number of nitrogens with one attached hydrogen (secondary N) is 1. The highest BCUT2D eigenvalue weighted by Gasteiger charge is 2.33. The molecular weight excluding hydrogens is 258 g/mol. The van der Waals surface area contributed by atoms with E-state index < -0.39 is 0 Å². The highest BCUT2D eigenvalue weighted by Crippen LogP contribution is 2.45. The van der Waals surface area contributed by atoms with Crippen LogP contribution >= 0.6 is 0 Å². The summed E-state index contributed by atoms with van der Waals surface area (Å²) in [4.78, 5) is 0. The van der Waals surface area contributed by atoms with Crippen molar-refractivity contribution >= 4 is 0 Å². The third-order valence-electron chi connectivity index (χ3n) is 5.23. The van der Waals surface area contributed by atoms with Gasteiger partial charge in [-0.3, -0.25) is 0 Å². The zero-order chi connectivity index (χ0) is 15.4. The maximum atomic E-state index is 5.66. The second-order valence-electron chi connectivity index (χ2n) is 6.99. The molecule has 0 saturated heterocycles. The molecular formula is C19H31NO. The van der Waals surface area contributed by atoms with Gasteiger partial charge in [0.15, 0.2) is 0 Å². The number of ether oxygens (including phenoxy) is 1. The van der Waals surface area contributed by atoms with Gasteiger partial charge in [0.05, 0.1) is 7.11 Å². The van der Waals surface area contributed by atoms with Crippen LogP contribution < -0.4 is 10.1 Å². The van der Waals surface area contributed by atoms with Crippen molar-refractivity contribution in [3.63, 3.8) is 0 Å². The fraction of sp³-hybridized carbons (Fsp3) is 0.684. The van der Waals surface area contributed by atoms with Crippen molar-refractivity contribution < 1.29 is 4.74 Å². The van der Waals surface area contributed by atoms with Gasteiger partial charge in [-0.2, -0.15) is 0 Å². The summed E-state index contributed by atoms with van der Waals surface area (Å²) in [5.74, 6) is 4.03. The molecule has 0 bridgehead atoms. The minimum atomic E-state index is 0.619. The molecule has 1 aromatic rings. The predicted molar refractivity (Wildman–Crippen MR) is 90.1 cm³/mol. The van der Waals surface area contributed by atoms with Gasteiger partial charge in [-0.15, -0.1) is 0 Å². The van der Waals surface area contributed by atoms with Crippen LogP contribution in [0.5, 0.6) is 5.75 Å². The van der Waals surface area contributed by atoms with Gasteiger partial charge < -0.3 is 10.1 Å². The molecule has 0 heterocycles. The van der Waals surface area contributed by atoms with Crippen molar-refractivity contribution in [1.29, 1.82) is 0 Å². The average molecular weight is 289 g/mol. The zero-order valence-electron chi connectivity index (χ0n) is 14.3. The van der Waals surface area contributed by atoms with Crippen molar-refractivity contribution in [2.75, 3.05) is 20.7 Å². The summed E-state index contributed by atoms with van der Waals surface area (Å²) in [5.41, 5.74) is 2.75. The van der Waals surface area contributed by atoms with E-state index in [9.17, 15) is 0 Å². The largest absolute Gasteiger partial charge is 0.496 e. The molecule has 1 aromatic carbocycles. The van der Waals surface area contributed by atoms with Gasteiger partial charge in [0.2, 0.25) is 0 Å². The maximum absolute atomic E-state index is 5.66. The number of benzene rings is 1. The van der Waals surface area contributed by atoms with E-state index in [-0.39, 0.29) is 0 Å². The molecule has 2 nitrogen and oxygen atoms in total. The van der Waals surface area contributed by atoms with Gasteiger partial charge in [-0.1, -0.05) is 31.5 Å². The standard InChI is InChI=1S/C19H31NO/c1-13(2)15-7-8-16(12-20-4)17(11-15)18-10-14(3)6-9-19(18)21-5/h6,9-10,13,15-17,20H,7-8,11-12H2,1-5H3. The molecule has 0 aliphatic heterocycles. The van der Waals surface area contributed by atoms with E-state index in [0.29, 0.717) is 5.92 Å². The Hall–Kier alpha value is -1.02. The lowest BCUT2D eigenvalue weighted by Gasteiger charge is -2.39. The van der Waals surface area contributed by atoms with Gasteiger partial charge in [-0.05, 0) is 75.1 Å². The van der Waals surface area contributed by atoms with Crippen molar-refractivity contribution in [2.45, 2.75) is 46.0 Å². The monoisotopic (exact) mass is 289 g/mol. The van der Waals surface area contributed by atoms with Crippen LogP contribution in [0.15, 0.2) is 18.2 Å². The molecule has 0 amide bonds. The van der Waals surface area contributed by atoms with Crippen LogP contribution in [-0.2, 0) is 0 Å². The van der Waals surface area contributed by atoms with E-state index in [4.69, 9.17) is 4.74 Å². The van der Waals surface area contributed by atoms with Crippen LogP contribution in [-0.4, -0.2) is 20.7 Å². The third kappa shape index (κ3) is 3.79. The van der Waals surface area contributed by atoms with Crippen LogP contribution in [0.25, 0.3) is 0 Å². The highest BCUT2D eigenvalue weighted by atomic mass is 16.5. The molecule has 3 atom stereocenters. The first kappa shape index (κ1) is 16.4. The molecule has 1 aliphatic rings. The molecule has 1 aliphatic carbocycles. The summed E-state index contributed by atoms with van der Waals surface area (Å²) >= 11 is 0. The molecule has 0 spiro atoms. The molecule has 118 valence electrons. The molecule has 3 unspecified atom stereocenters. The van der Waals surface area contributed by atoms with E-state index >= 15 is 0 Å². The third-order valence-corrected chi connectivity index (χ3v) is 5.23. The van der Waals surface area contributed by atoms with E-state index in [2.05, 4.69) is 51.3 Å². The molecule has 21 heavy (non-hydrogen) atoms. The average Bonchev–Trinajstić information content (AvgIpc) is 2.47. The normalized spacial score (nSPS) is 26.1. The first-order valence-corrected chi connectivity index (χ1v) is 8.36. The zero-order valence-corrected chi connectivity index (χ0v) is 14.3. The minimum absolute atomic E-state index is 0.619. The Morgan fingerprint density at radius 3 is 2.67 bits per heavy atom. The van der Waals surface area contributed by atoms with E-state index in [1.165, 1.54) is 30.4 Å². The second kappa shape index (κ2) is 7.31. The fourth-order valence-corrected chi connectivity index (χ4v) is 3.90. The van der Waals surface area contributed by atoms with Crippen LogP contribution in [0.3, 0.4) is 0 Å². The lowest BCUT2D eigenvalue weighted by molar-refractivity contribution is 0.190. The minimum Gasteiger partial charge on any atom is -0.496 e. The molecule has 1 saturated carbocycles. The number of aryl methyl sites for hydroxylation is 1. The summed E-state index contributed by atoms with van der Waals surface area (Å²) in [7, 11) is 3.86. The van der Waals surface area contributed by atoms with Gasteiger partial charge >= 0.3 is 0 Å². The molecule has 2 heteroatoms. The Bertz CT molecular complexity index is 455. The second-order valence-corrected chi connectivity index (χ2v) is 6.99. The van der Waals surface area contributed by atoms with Gasteiger partial charge in [0.25, 0.3) is 0 Å². The van der Waals surface area contributed by atoms with Crippen molar-refractivity contribution in [2.24, 2.45) is 17.8 Å². The summed E-state index contributed by atoms with van der Waals surface area (Å²) in [6.45, 7) is 8.02. The lowest BCUT2D eigenvalue weighted by Crippen LogP contribution is -2.32. The van der Waals surface area contributed by atoms with E-state index in [1.54, 1.807) is 7.11 Å². The Kier molecular flexibility index (Phi) is 5.69. The quantitative estimate of drug-likeness (QED) is 0.868. The summed E-state index contributed by atoms with van der Waals surface area (Å²) in [6.07, 6.45) is 3.99. The molecule has 0 radical (unpaired) electrons. The van der Waals surface area contributed by atoms with Crippen molar-refractivity contribution in [3.05, 3.63) is 29.3 Å². The first-order chi connectivity index (χ1) is 10.1. The van der Waals surface area contributed by atoms with Crippen molar-refractivity contribution in [1.82, 2.24) is 5.32 Å². The molecule has 0 aromatic heterocycles. The van der Waals surface area contributed by atoms with Gasteiger partial charge in [0.1, 0.15) is 5.75 Å². The number of methoxy groups -OCH3 is 1. The first-order valence-electron chi connectivity index (χ1n) is 8.36. The summed E-state index contributed by atoms with van der Waals surface area (Å²) < 4.78 is 5.66. The Morgan fingerprint density at radius 1 is 1.29 bits per heavy atom. The van der Waals surface area contributed by atoms with Gasteiger partial charge in [0, 0.05) is 0 Å². The number of rotatable bonds is 5. The van der Waals surface area contributed by atoms with Crippen LogP contribution in [0.1, 0.15) is 50.2 Å². The lowest BCUT2D eigenvalue weighted by atomic mass is 9.68. The Balaban J connectivity index is 2.32.